The first-order chi connectivity index (χ1) is 15.0. The first kappa shape index (κ1) is 23.4. The average Bonchev–Trinajstić information content (AvgIpc) is 2.77. The molecule has 1 saturated heterocycles. The quantitative estimate of drug-likeness (QED) is 0.516. The minimum atomic E-state index is -0.837. The molecule has 0 bridgehead atoms. The van der Waals surface area contributed by atoms with Gasteiger partial charge >= 0.3 is 5.97 Å². The van der Waals surface area contributed by atoms with Crippen LogP contribution in [0, 0.1) is 0 Å². The minimum absolute atomic E-state index is 0.0189. The van der Waals surface area contributed by atoms with E-state index >= 15 is 0 Å². The van der Waals surface area contributed by atoms with Crippen LogP contribution >= 0.6 is 11.6 Å². The third-order valence-corrected chi connectivity index (χ3v) is 5.94. The maximum Gasteiger partial charge on any atom is 0.304 e. The van der Waals surface area contributed by atoms with Crippen LogP contribution in [0.3, 0.4) is 0 Å². The average molecular weight is 447 g/mol. The van der Waals surface area contributed by atoms with Crippen molar-refractivity contribution in [3.05, 3.63) is 53.1 Å². The molecule has 0 unspecified atom stereocenters. The summed E-state index contributed by atoms with van der Waals surface area (Å²) in [6.07, 6.45) is 1.99. The number of hydrogen-bond acceptors (Lipinski definition) is 5. The largest absolute Gasteiger partial charge is 0.481 e. The van der Waals surface area contributed by atoms with Crippen LogP contribution < -0.4 is 10.2 Å². The fourth-order valence-electron chi connectivity index (χ4n) is 4.15. The minimum Gasteiger partial charge on any atom is -0.481 e. The zero-order chi connectivity index (χ0) is 22.2. The fraction of sp³-hybridized carbons (Fsp3) is 0.458. The Morgan fingerprint density at radius 3 is 2.58 bits per heavy atom. The van der Waals surface area contributed by atoms with Crippen molar-refractivity contribution in [2.75, 3.05) is 43.7 Å². The van der Waals surface area contributed by atoms with Crippen molar-refractivity contribution in [3.63, 3.8) is 0 Å². The zero-order valence-corrected chi connectivity index (χ0v) is 18.9. The molecule has 3 rings (SSSR count). The van der Waals surface area contributed by atoms with Gasteiger partial charge in [-0.3, -0.25) is 4.79 Å². The number of carboxylic acid groups (broad SMARTS) is 1. The third-order valence-electron chi connectivity index (χ3n) is 5.69. The SMILES string of the molecule is CCN(c1ccc([C@H](COC)CC(=O)O)cc1Nc1ccc(Cl)cc1)C1CCOCC1. The molecular formula is C24H31ClN2O4. The molecule has 0 radical (unpaired) electrons. The summed E-state index contributed by atoms with van der Waals surface area (Å²) >= 11 is 6.05. The smallest absolute Gasteiger partial charge is 0.304 e. The van der Waals surface area contributed by atoms with Crippen LogP contribution in [0.25, 0.3) is 0 Å². The molecule has 0 aromatic heterocycles. The second kappa shape index (κ2) is 11.4. The van der Waals surface area contributed by atoms with Gasteiger partial charge in [-0.05, 0) is 61.7 Å². The molecule has 1 fully saturated rings. The number of halogens is 1. The Labute approximate surface area is 189 Å². The molecule has 2 aromatic carbocycles. The van der Waals surface area contributed by atoms with E-state index in [4.69, 9.17) is 21.1 Å². The summed E-state index contributed by atoms with van der Waals surface area (Å²) < 4.78 is 10.9. The van der Waals surface area contributed by atoms with Crippen molar-refractivity contribution in [3.8, 4) is 0 Å². The highest BCUT2D eigenvalue weighted by molar-refractivity contribution is 6.30. The summed E-state index contributed by atoms with van der Waals surface area (Å²) in [5, 5.41) is 13.6. The van der Waals surface area contributed by atoms with E-state index in [1.165, 1.54) is 0 Å². The number of methoxy groups -OCH3 is 1. The predicted molar refractivity (Wildman–Crippen MR) is 125 cm³/mol. The number of carboxylic acids is 1. The Balaban J connectivity index is 1.99. The van der Waals surface area contributed by atoms with E-state index in [0.29, 0.717) is 17.7 Å². The Morgan fingerprint density at radius 1 is 1.26 bits per heavy atom. The van der Waals surface area contributed by atoms with Gasteiger partial charge in [0.2, 0.25) is 0 Å². The predicted octanol–water partition coefficient (Wildman–Crippen LogP) is 5.29. The number of ether oxygens (including phenoxy) is 2. The van der Waals surface area contributed by atoms with E-state index in [0.717, 1.165) is 55.2 Å². The van der Waals surface area contributed by atoms with Gasteiger partial charge < -0.3 is 24.8 Å². The van der Waals surface area contributed by atoms with Crippen LogP contribution in [0.4, 0.5) is 17.1 Å². The Bertz CT molecular complexity index is 853. The second-order valence-electron chi connectivity index (χ2n) is 7.79. The number of aliphatic carboxylic acids is 1. The van der Waals surface area contributed by atoms with Crippen molar-refractivity contribution < 1.29 is 19.4 Å². The molecular weight excluding hydrogens is 416 g/mol. The van der Waals surface area contributed by atoms with Gasteiger partial charge in [0.1, 0.15) is 0 Å². The molecule has 7 heteroatoms. The Morgan fingerprint density at radius 2 is 1.97 bits per heavy atom. The lowest BCUT2D eigenvalue weighted by Gasteiger charge is -2.37. The lowest BCUT2D eigenvalue weighted by molar-refractivity contribution is -0.137. The topological polar surface area (TPSA) is 71.0 Å². The van der Waals surface area contributed by atoms with E-state index in [-0.39, 0.29) is 12.3 Å². The van der Waals surface area contributed by atoms with Crippen molar-refractivity contribution in [1.29, 1.82) is 0 Å². The van der Waals surface area contributed by atoms with Gasteiger partial charge in [-0.25, -0.2) is 0 Å². The lowest BCUT2D eigenvalue weighted by atomic mass is 9.95. The Kier molecular flexibility index (Phi) is 8.58. The van der Waals surface area contributed by atoms with Gasteiger partial charge in [0.25, 0.3) is 0 Å². The maximum absolute atomic E-state index is 11.4. The van der Waals surface area contributed by atoms with Crippen LogP contribution in [0.15, 0.2) is 42.5 Å². The normalized spacial score (nSPS) is 15.5. The van der Waals surface area contributed by atoms with Crippen LogP contribution in [-0.4, -0.2) is 50.6 Å². The third kappa shape index (κ3) is 6.35. The standard InChI is InChI=1S/C24H31ClN2O4/c1-3-27(21-10-12-31-13-11-21)23-9-4-17(18(16-30-2)15-24(28)29)14-22(23)26-20-7-5-19(25)6-8-20/h4-9,14,18,21,26H,3,10-13,15-16H2,1-2H3,(H,28,29)/t18-/m0/s1. The van der Waals surface area contributed by atoms with Gasteiger partial charge in [0.05, 0.1) is 24.4 Å². The number of rotatable bonds is 10. The summed E-state index contributed by atoms with van der Waals surface area (Å²) in [5.41, 5.74) is 3.90. The Hall–Kier alpha value is -2.28. The molecule has 2 N–H and O–H groups in total. The molecule has 0 amide bonds. The van der Waals surface area contributed by atoms with Gasteiger partial charge in [-0.1, -0.05) is 17.7 Å². The molecule has 0 aliphatic carbocycles. The monoisotopic (exact) mass is 446 g/mol. The molecule has 31 heavy (non-hydrogen) atoms. The van der Waals surface area contributed by atoms with Crippen molar-refractivity contribution in [2.45, 2.75) is 38.1 Å². The highest BCUT2D eigenvalue weighted by Crippen LogP contribution is 2.36. The number of hydrogen-bond donors (Lipinski definition) is 2. The van der Waals surface area contributed by atoms with E-state index in [9.17, 15) is 9.90 Å². The van der Waals surface area contributed by atoms with Crippen LogP contribution in [-0.2, 0) is 14.3 Å². The molecule has 2 aromatic rings. The fourth-order valence-corrected chi connectivity index (χ4v) is 4.28. The van der Waals surface area contributed by atoms with E-state index in [1.807, 2.05) is 30.3 Å². The van der Waals surface area contributed by atoms with E-state index in [2.05, 4.69) is 29.3 Å². The number of anilines is 3. The molecule has 168 valence electrons. The number of carbonyl (C=O) groups is 1. The highest BCUT2D eigenvalue weighted by Gasteiger charge is 2.24. The molecule has 1 aliphatic heterocycles. The molecule has 0 spiro atoms. The molecule has 6 nitrogen and oxygen atoms in total. The highest BCUT2D eigenvalue weighted by atomic mass is 35.5. The molecule has 1 heterocycles. The number of benzene rings is 2. The number of nitrogens with zero attached hydrogens (tertiary/aromatic N) is 1. The zero-order valence-electron chi connectivity index (χ0n) is 18.1. The summed E-state index contributed by atoms with van der Waals surface area (Å²) in [4.78, 5) is 13.8. The van der Waals surface area contributed by atoms with Gasteiger partial charge in [0.15, 0.2) is 0 Å². The molecule has 1 atom stereocenters. The molecule has 1 aliphatic rings. The van der Waals surface area contributed by atoms with Crippen molar-refractivity contribution in [2.24, 2.45) is 0 Å². The maximum atomic E-state index is 11.4. The second-order valence-corrected chi connectivity index (χ2v) is 8.22. The summed E-state index contributed by atoms with van der Waals surface area (Å²) in [5.74, 6) is -1.06. The van der Waals surface area contributed by atoms with Crippen molar-refractivity contribution in [1.82, 2.24) is 0 Å². The van der Waals surface area contributed by atoms with Crippen molar-refractivity contribution >= 4 is 34.6 Å². The van der Waals surface area contributed by atoms with Crippen LogP contribution in [0.2, 0.25) is 5.02 Å². The molecule has 0 saturated carbocycles. The first-order valence-electron chi connectivity index (χ1n) is 10.7. The van der Waals surface area contributed by atoms with Crippen LogP contribution in [0.1, 0.15) is 37.7 Å². The summed E-state index contributed by atoms with van der Waals surface area (Å²) in [6.45, 7) is 4.93. The van der Waals surface area contributed by atoms with Gasteiger partial charge in [0, 0.05) is 49.5 Å². The number of nitrogens with one attached hydrogen (secondary N) is 1. The van der Waals surface area contributed by atoms with Gasteiger partial charge in [-0.2, -0.15) is 0 Å². The first-order valence-corrected chi connectivity index (χ1v) is 11.1. The van der Waals surface area contributed by atoms with Crippen LogP contribution in [0.5, 0.6) is 0 Å². The summed E-state index contributed by atoms with van der Waals surface area (Å²) in [7, 11) is 1.60. The van der Waals surface area contributed by atoms with E-state index in [1.54, 1.807) is 7.11 Å². The lowest BCUT2D eigenvalue weighted by Crippen LogP contribution is -2.39. The van der Waals surface area contributed by atoms with Gasteiger partial charge in [-0.15, -0.1) is 0 Å². The van der Waals surface area contributed by atoms with E-state index < -0.39 is 5.97 Å². The summed E-state index contributed by atoms with van der Waals surface area (Å²) in [6, 6.07) is 14.2.